The molecule has 3 rings (SSSR count). The number of aliphatic hydroxyl groups excluding tert-OH is 1. The molecule has 0 bridgehead atoms. The number of hydrogen-bond acceptors (Lipinski definition) is 5. The van der Waals surface area contributed by atoms with E-state index in [2.05, 4.69) is 15.2 Å². The van der Waals surface area contributed by atoms with Gasteiger partial charge in [-0.3, -0.25) is 5.10 Å². The lowest BCUT2D eigenvalue weighted by Crippen LogP contribution is -2.10. The third kappa shape index (κ3) is 3.02. The Morgan fingerprint density at radius 2 is 1.95 bits per heavy atom. The van der Waals surface area contributed by atoms with Gasteiger partial charge in [-0.05, 0) is 17.7 Å². The van der Waals surface area contributed by atoms with E-state index in [0.29, 0.717) is 17.1 Å². The van der Waals surface area contributed by atoms with Crippen molar-refractivity contribution in [2.75, 3.05) is 0 Å². The van der Waals surface area contributed by atoms with Crippen molar-refractivity contribution in [3.05, 3.63) is 66.0 Å². The highest BCUT2D eigenvalue weighted by Crippen LogP contribution is 2.16. The fraction of sp³-hybridized carbons (Fsp3) is 0.0625. The van der Waals surface area contributed by atoms with Crippen LogP contribution < -0.4 is 4.74 Å². The lowest BCUT2D eigenvalue weighted by molar-refractivity contribution is 0.0722. The molecule has 0 aliphatic carbocycles. The van der Waals surface area contributed by atoms with E-state index < -0.39 is 5.97 Å². The van der Waals surface area contributed by atoms with Gasteiger partial charge >= 0.3 is 5.97 Å². The first-order valence-electron chi connectivity index (χ1n) is 6.66. The molecule has 0 spiro atoms. The number of carbonyl (C=O) groups is 1. The van der Waals surface area contributed by atoms with Crippen LogP contribution in [0.25, 0.3) is 11.4 Å². The van der Waals surface area contributed by atoms with Gasteiger partial charge in [0.05, 0.1) is 6.61 Å². The van der Waals surface area contributed by atoms with Crippen molar-refractivity contribution in [3.63, 3.8) is 0 Å². The lowest BCUT2D eigenvalue weighted by atomic mass is 10.2. The van der Waals surface area contributed by atoms with E-state index in [1.165, 1.54) is 0 Å². The van der Waals surface area contributed by atoms with Gasteiger partial charge in [0, 0.05) is 5.56 Å². The SMILES string of the molecule is O=C(Oc1cccc(CO)c1)c1n[nH]c(-c2ccccc2)n1. The van der Waals surface area contributed by atoms with Crippen molar-refractivity contribution in [3.8, 4) is 17.1 Å². The summed E-state index contributed by atoms with van der Waals surface area (Å²) in [6.45, 7) is -0.121. The summed E-state index contributed by atoms with van der Waals surface area (Å²) < 4.78 is 5.20. The second-order valence-electron chi connectivity index (χ2n) is 4.57. The molecule has 0 saturated carbocycles. The first kappa shape index (κ1) is 14.0. The van der Waals surface area contributed by atoms with Crippen LogP contribution in [0.1, 0.15) is 16.2 Å². The van der Waals surface area contributed by atoms with Gasteiger partial charge in [0.1, 0.15) is 5.75 Å². The Morgan fingerprint density at radius 3 is 2.73 bits per heavy atom. The van der Waals surface area contributed by atoms with E-state index in [9.17, 15) is 4.79 Å². The number of nitrogens with zero attached hydrogens (tertiary/aromatic N) is 2. The molecule has 0 radical (unpaired) electrons. The quantitative estimate of drug-likeness (QED) is 0.569. The Morgan fingerprint density at radius 1 is 1.14 bits per heavy atom. The molecule has 0 aliphatic rings. The Balaban J connectivity index is 1.77. The molecule has 2 aromatic carbocycles. The maximum Gasteiger partial charge on any atom is 0.383 e. The monoisotopic (exact) mass is 295 g/mol. The summed E-state index contributed by atoms with van der Waals surface area (Å²) in [5.74, 6) is 0.126. The Bertz CT molecular complexity index is 784. The zero-order valence-electron chi connectivity index (χ0n) is 11.6. The van der Waals surface area contributed by atoms with Gasteiger partial charge in [0.2, 0.25) is 0 Å². The molecule has 3 aromatic rings. The van der Waals surface area contributed by atoms with Gasteiger partial charge in [-0.1, -0.05) is 42.5 Å². The Hall–Kier alpha value is -2.99. The highest BCUT2D eigenvalue weighted by molar-refractivity contribution is 5.87. The normalized spacial score (nSPS) is 10.4. The number of hydrogen-bond donors (Lipinski definition) is 2. The highest BCUT2D eigenvalue weighted by atomic mass is 16.5. The maximum absolute atomic E-state index is 12.0. The summed E-state index contributed by atoms with van der Waals surface area (Å²) >= 11 is 0. The minimum atomic E-state index is -0.659. The summed E-state index contributed by atoms with van der Waals surface area (Å²) in [4.78, 5) is 16.2. The van der Waals surface area contributed by atoms with Crippen LogP contribution in [0.2, 0.25) is 0 Å². The molecule has 6 heteroatoms. The average Bonchev–Trinajstić information content (AvgIpc) is 3.06. The number of H-pyrrole nitrogens is 1. The molecule has 2 N–H and O–H groups in total. The predicted octanol–water partition coefficient (Wildman–Crippen LogP) is 2.18. The van der Waals surface area contributed by atoms with Crippen molar-refractivity contribution in [2.45, 2.75) is 6.61 Å². The smallest absolute Gasteiger partial charge is 0.383 e. The molecule has 6 nitrogen and oxygen atoms in total. The lowest BCUT2D eigenvalue weighted by Gasteiger charge is -2.03. The summed E-state index contributed by atoms with van der Waals surface area (Å²) in [5.41, 5.74) is 1.49. The van der Waals surface area contributed by atoms with Crippen LogP contribution in [0, 0.1) is 0 Å². The van der Waals surface area contributed by atoms with Crippen molar-refractivity contribution in [1.29, 1.82) is 0 Å². The summed E-state index contributed by atoms with van der Waals surface area (Å²) in [6.07, 6.45) is 0. The molecular formula is C16H13N3O3. The van der Waals surface area contributed by atoms with Crippen LogP contribution >= 0.6 is 0 Å². The number of benzene rings is 2. The number of aromatic amines is 1. The minimum absolute atomic E-state index is 0.0479. The zero-order valence-corrected chi connectivity index (χ0v) is 11.6. The van der Waals surface area contributed by atoms with E-state index in [1.54, 1.807) is 24.3 Å². The largest absolute Gasteiger partial charge is 0.421 e. The molecule has 22 heavy (non-hydrogen) atoms. The Labute approximate surface area is 126 Å². The maximum atomic E-state index is 12.0. The van der Waals surface area contributed by atoms with Gasteiger partial charge in [-0.2, -0.15) is 0 Å². The number of aliphatic hydroxyl groups is 1. The van der Waals surface area contributed by atoms with E-state index >= 15 is 0 Å². The molecule has 0 atom stereocenters. The van der Waals surface area contributed by atoms with Gasteiger partial charge in [-0.25, -0.2) is 9.78 Å². The number of ether oxygens (including phenoxy) is 1. The molecule has 0 saturated heterocycles. The van der Waals surface area contributed by atoms with E-state index in [-0.39, 0.29) is 12.4 Å². The number of aromatic nitrogens is 3. The van der Waals surface area contributed by atoms with Gasteiger partial charge in [0.15, 0.2) is 5.82 Å². The van der Waals surface area contributed by atoms with Crippen LogP contribution in [-0.2, 0) is 6.61 Å². The minimum Gasteiger partial charge on any atom is -0.421 e. The first-order valence-corrected chi connectivity index (χ1v) is 6.66. The summed E-state index contributed by atoms with van der Waals surface area (Å²) in [7, 11) is 0. The zero-order chi connectivity index (χ0) is 15.4. The molecular weight excluding hydrogens is 282 g/mol. The molecule has 1 heterocycles. The fourth-order valence-corrected chi connectivity index (χ4v) is 1.94. The molecule has 1 aromatic heterocycles. The van der Waals surface area contributed by atoms with E-state index in [0.717, 1.165) is 5.56 Å². The molecule has 0 fully saturated rings. The summed E-state index contributed by atoms with van der Waals surface area (Å²) in [5, 5.41) is 15.7. The van der Waals surface area contributed by atoms with Crippen LogP contribution in [0.15, 0.2) is 54.6 Å². The van der Waals surface area contributed by atoms with Gasteiger partial charge in [0.25, 0.3) is 5.82 Å². The molecule has 0 aliphatic heterocycles. The first-order chi connectivity index (χ1) is 10.8. The van der Waals surface area contributed by atoms with Crippen LogP contribution in [0.5, 0.6) is 5.75 Å². The number of esters is 1. The van der Waals surface area contributed by atoms with Crippen LogP contribution in [0.4, 0.5) is 0 Å². The van der Waals surface area contributed by atoms with E-state index in [1.807, 2.05) is 30.3 Å². The number of nitrogens with one attached hydrogen (secondary N) is 1. The number of carbonyl (C=O) groups excluding carboxylic acids is 1. The third-order valence-corrected chi connectivity index (χ3v) is 3.01. The van der Waals surface area contributed by atoms with Gasteiger partial charge in [-0.15, -0.1) is 5.10 Å². The topological polar surface area (TPSA) is 88.1 Å². The molecule has 110 valence electrons. The second kappa shape index (κ2) is 6.19. The highest BCUT2D eigenvalue weighted by Gasteiger charge is 2.15. The summed E-state index contributed by atoms with van der Waals surface area (Å²) in [6, 6.07) is 16.0. The average molecular weight is 295 g/mol. The van der Waals surface area contributed by atoms with Gasteiger partial charge < -0.3 is 9.84 Å². The van der Waals surface area contributed by atoms with Crippen molar-refractivity contribution < 1.29 is 14.6 Å². The third-order valence-electron chi connectivity index (χ3n) is 3.01. The molecule has 0 amide bonds. The standard InChI is InChI=1S/C16H13N3O3/c20-10-11-5-4-8-13(9-11)22-16(21)15-17-14(18-19-15)12-6-2-1-3-7-12/h1-9,20H,10H2,(H,17,18,19). The van der Waals surface area contributed by atoms with Crippen LogP contribution in [0.3, 0.4) is 0 Å². The van der Waals surface area contributed by atoms with Crippen molar-refractivity contribution >= 4 is 5.97 Å². The Kier molecular flexibility index (Phi) is 3.93. The fourth-order valence-electron chi connectivity index (χ4n) is 1.94. The van der Waals surface area contributed by atoms with E-state index in [4.69, 9.17) is 9.84 Å². The predicted molar refractivity (Wildman–Crippen MR) is 79.1 cm³/mol. The second-order valence-corrected chi connectivity index (χ2v) is 4.57. The van der Waals surface area contributed by atoms with Crippen molar-refractivity contribution in [2.24, 2.45) is 0 Å². The number of rotatable bonds is 4. The van der Waals surface area contributed by atoms with Crippen LogP contribution in [-0.4, -0.2) is 26.3 Å². The molecule has 0 unspecified atom stereocenters. The van der Waals surface area contributed by atoms with Crippen molar-refractivity contribution in [1.82, 2.24) is 15.2 Å².